The molecule has 0 saturated carbocycles. The van der Waals surface area contributed by atoms with Crippen molar-refractivity contribution in [2.24, 2.45) is 4.99 Å². The second-order valence-electron chi connectivity index (χ2n) is 5.76. The molecule has 0 N–H and O–H groups in total. The summed E-state index contributed by atoms with van der Waals surface area (Å²) in [6, 6.07) is 18.9. The van der Waals surface area contributed by atoms with Gasteiger partial charge in [0, 0.05) is 25.1 Å². The van der Waals surface area contributed by atoms with E-state index in [0.717, 1.165) is 44.8 Å². The maximum Gasteiger partial charge on any atom is 0.105 e. The van der Waals surface area contributed by atoms with Gasteiger partial charge in [-0.3, -0.25) is 0 Å². The molecule has 0 radical (unpaired) electrons. The molecule has 0 aromatic heterocycles. The molecule has 23 heavy (non-hydrogen) atoms. The van der Waals surface area contributed by atoms with Crippen molar-refractivity contribution in [2.75, 3.05) is 26.3 Å². The van der Waals surface area contributed by atoms with Gasteiger partial charge in [-0.05, 0) is 18.1 Å². The Morgan fingerprint density at radius 2 is 1.70 bits per heavy atom. The van der Waals surface area contributed by atoms with Crippen LogP contribution in [0.1, 0.15) is 19.8 Å². The lowest BCUT2D eigenvalue weighted by Gasteiger charge is -2.30. The van der Waals surface area contributed by atoms with Crippen molar-refractivity contribution in [1.82, 2.24) is 4.90 Å². The number of nitrogens with zero attached hydrogens (tertiary/aromatic N) is 2. The highest BCUT2D eigenvalue weighted by molar-refractivity contribution is 5.88. The molecule has 2 aromatic rings. The van der Waals surface area contributed by atoms with E-state index in [1.165, 1.54) is 17.0 Å². The first-order valence-corrected chi connectivity index (χ1v) is 8.43. The van der Waals surface area contributed by atoms with Crippen LogP contribution in [-0.4, -0.2) is 37.0 Å². The van der Waals surface area contributed by atoms with Gasteiger partial charge in [-0.15, -0.1) is 0 Å². The fraction of sp³-hybridized carbons (Fsp3) is 0.350. The molecule has 3 rings (SSSR count). The second-order valence-corrected chi connectivity index (χ2v) is 5.76. The van der Waals surface area contributed by atoms with Gasteiger partial charge in [0.05, 0.1) is 18.9 Å². The molecule has 0 amide bonds. The summed E-state index contributed by atoms with van der Waals surface area (Å²) in [5.41, 5.74) is 3.45. The molecule has 3 nitrogen and oxygen atoms in total. The topological polar surface area (TPSA) is 24.8 Å². The molecule has 1 fully saturated rings. The van der Waals surface area contributed by atoms with Crippen molar-refractivity contribution in [2.45, 2.75) is 19.8 Å². The van der Waals surface area contributed by atoms with Gasteiger partial charge in [0.2, 0.25) is 0 Å². The standard InChI is InChI=1S/C20H24N2O/c1-2-8-20(22-13-15-23-16-14-22)21-19-12-7-6-11-18(19)17-9-4-3-5-10-17/h3-7,9-12H,2,8,13-16H2,1H3. The van der Waals surface area contributed by atoms with Crippen LogP contribution in [0.3, 0.4) is 0 Å². The van der Waals surface area contributed by atoms with Crippen molar-refractivity contribution in [3.05, 3.63) is 54.6 Å². The predicted molar refractivity (Wildman–Crippen MR) is 96.3 cm³/mol. The third-order valence-electron chi connectivity index (χ3n) is 4.09. The number of hydrogen-bond donors (Lipinski definition) is 0. The summed E-state index contributed by atoms with van der Waals surface area (Å²) in [7, 11) is 0. The second kappa shape index (κ2) is 7.93. The van der Waals surface area contributed by atoms with Crippen molar-refractivity contribution >= 4 is 11.5 Å². The van der Waals surface area contributed by atoms with E-state index in [1.807, 2.05) is 6.07 Å². The van der Waals surface area contributed by atoms with Gasteiger partial charge in [-0.1, -0.05) is 55.5 Å². The third kappa shape index (κ3) is 3.99. The van der Waals surface area contributed by atoms with Crippen molar-refractivity contribution in [3.63, 3.8) is 0 Å². The average Bonchev–Trinajstić information content (AvgIpc) is 2.63. The Morgan fingerprint density at radius 3 is 2.43 bits per heavy atom. The third-order valence-corrected chi connectivity index (χ3v) is 4.09. The van der Waals surface area contributed by atoms with Crippen LogP contribution in [0, 0.1) is 0 Å². The zero-order chi connectivity index (χ0) is 15.9. The van der Waals surface area contributed by atoms with Crippen molar-refractivity contribution in [3.8, 4) is 11.1 Å². The SMILES string of the molecule is CCCC(=Nc1ccccc1-c1ccccc1)N1CCOCC1. The number of morpholine rings is 1. The lowest BCUT2D eigenvalue weighted by molar-refractivity contribution is 0.0672. The Hall–Kier alpha value is -2.13. The van der Waals surface area contributed by atoms with E-state index >= 15 is 0 Å². The molecule has 3 heteroatoms. The summed E-state index contributed by atoms with van der Waals surface area (Å²) in [5.74, 6) is 1.18. The van der Waals surface area contributed by atoms with Crippen LogP contribution in [0.2, 0.25) is 0 Å². The molecule has 2 aromatic carbocycles. The van der Waals surface area contributed by atoms with Crippen LogP contribution in [0.15, 0.2) is 59.6 Å². The zero-order valence-electron chi connectivity index (χ0n) is 13.7. The smallest absolute Gasteiger partial charge is 0.105 e. The number of ether oxygens (including phenoxy) is 1. The zero-order valence-corrected chi connectivity index (χ0v) is 13.7. The fourth-order valence-corrected chi connectivity index (χ4v) is 2.90. The highest BCUT2D eigenvalue weighted by Gasteiger charge is 2.15. The highest BCUT2D eigenvalue weighted by atomic mass is 16.5. The van der Waals surface area contributed by atoms with E-state index in [-0.39, 0.29) is 0 Å². The van der Waals surface area contributed by atoms with E-state index in [9.17, 15) is 0 Å². The Bertz CT molecular complexity index is 646. The van der Waals surface area contributed by atoms with Gasteiger partial charge < -0.3 is 9.64 Å². The van der Waals surface area contributed by atoms with Crippen LogP contribution in [0.25, 0.3) is 11.1 Å². The van der Waals surface area contributed by atoms with Gasteiger partial charge in [0.25, 0.3) is 0 Å². The summed E-state index contributed by atoms with van der Waals surface area (Å²) in [6.45, 7) is 5.67. The largest absolute Gasteiger partial charge is 0.378 e. The number of para-hydroxylation sites is 1. The minimum absolute atomic E-state index is 0.795. The van der Waals surface area contributed by atoms with E-state index in [1.54, 1.807) is 0 Å². The molecular formula is C20H24N2O. The number of aliphatic imine (C=N–C) groups is 1. The molecular weight excluding hydrogens is 284 g/mol. The maximum absolute atomic E-state index is 5.47. The number of benzene rings is 2. The summed E-state index contributed by atoms with van der Waals surface area (Å²) < 4.78 is 5.47. The van der Waals surface area contributed by atoms with E-state index in [4.69, 9.17) is 9.73 Å². The molecule has 0 atom stereocenters. The lowest BCUT2D eigenvalue weighted by Crippen LogP contribution is -2.40. The van der Waals surface area contributed by atoms with Gasteiger partial charge in [0.15, 0.2) is 0 Å². The maximum atomic E-state index is 5.47. The minimum atomic E-state index is 0.795. The Morgan fingerprint density at radius 1 is 1.00 bits per heavy atom. The molecule has 0 spiro atoms. The monoisotopic (exact) mass is 308 g/mol. The molecule has 1 saturated heterocycles. The minimum Gasteiger partial charge on any atom is -0.378 e. The van der Waals surface area contributed by atoms with E-state index in [2.05, 4.69) is 60.4 Å². The first-order chi connectivity index (χ1) is 11.4. The molecule has 1 aliphatic rings. The summed E-state index contributed by atoms with van der Waals surface area (Å²) in [6.07, 6.45) is 2.10. The summed E-state index contributed by atoms with van der Waals surface area (Å²) >= 11 is 0. The van der Waals surface area contributed by atoms with Crippen LogP contribution in [0.5, 0.6) is 0 Å². The summed E-state index contributed by atoms with van der Waals surface area (Å²) in [4.78, 5) is 7.41. The van der Waals surface area contributed by atoms with Crippen molar-refractivity contribution < 1.29 is 4.74 Å². The molecule has 1 aliphatic heterocycles. The molecule has 1 heterocycles. The quantitative estimate of drug-likeness (QED) is 0.613. The van der Waals surface area contributed by atoms with Crippen LogP contribution in [0.4, 0.5) is 5.69 Å². The Balaban J connectivity index is 1.95. The first-order valence-electron chi connectivity index (χ1n) is 8.43. The molecule has 0 unspecified atom stereocenters. The van der Waals surface area contributed by atoms with Crippen molar-refractivity contribution in [1.29, 1.82) is 0 Å². The average molecular weight is 308 g/mol. The Labute approximate surface area is 138 Å². The molecule has 0 bridgehead atoms. The van der Waals surface area contributed by atoms with Gasteiger partial charge >= 0.3 is 0 Å². The van der Waals surface area contributed by atoms with Gasteiger partial charge in [-0.2, -0.15) is 0 Å². The molecule has 0 aliphatic carbocycles. The predicted octanol–water partition coefficient (Wildman–Crippen LogP) is 4.52. The number of rotatable bonds is 4. The van der Waals surface area contributed by atoms with Crippen LogP contribution in [-0.2, 0) is 4.74 Å². The highest BCUT2D eigenvalue weighted by Crippen LogP contribution is 2.30. The number of amidine groups is 1. The summed E-state index contributed by atoms with van der Waals surface area (Å²) in [5, 5.41) is 0. The van der Waals surface area contributed by atoms with Crippen LogP contribution < -0.4 is 0 Å². The first kappa shape index (κ1) is 15.8. The Kier molecular flexibility index (Phi) is 5.43. The number of hydrogen-bond acceptors (Lipinski definition) is 2. The lowest BCUT2D eigenvalue weighted by atomic mass is 10.0. The van der Waals surface area contributed by atoms with E-state index < -0.39 is 0 Å². The van der Waals surface area contributed by atoms with Crippen LogP contribution >= 0.6 is 0 Å². The molecule has 120 valence electrons. The normalized spacial score (nSPS) is 15.7. The van der Waals surface area contributed by atoms with E-state index in [0.29, 0.717) is 0 Å². The fourth-order valence-electron chi connectivity index (χ4n) is 2.90. The van der Waals surface area contributed by atoms with Gasteiger partial charge in [0.1, 0.15) is 5.84 Å². The van der Waals surface area contributed by atoms with Gasteiger partial charge in [-0.25, -0.2) is 4.99 Å².